The highest BCUT2D eigenvalue weighted by molar-refractivity contribution is 6.01. The Morgan fingerprint density at radius 3 is 2.38 bits per heavy atom. The molecule has 3 saturated carbocycles. The van der Waals surface area contributed by atoms with Crippen LogP contribution < -0.4 is 5.32 Å². The summed E-state index contributed by atoms with van der Waals surface area (Å²) < 4.78 is 37.9. The van der Waals surface area contributed by atoms with E-state index in [0.717, 1.165) is 0 Å². The molecule has 0 aromatic carbocycles. The van der Waals surface area contributed by atoms with Gasteiger partial charge < -0.3 is 34.5 Å². The van der Waals surface area contributed by atoms with Crippen molar-refractivity contribution in [3.05, 3.63) is 23.8 Å². The zero-order chi connectivity index (χ0) is 35.7. The second-order valence-corrected chi connectivity index (χ2v) is 15.0. The summed E-state index contributed by atoms with van der Waals surface area (Å²) in [4.78, 5) is 61.7. The second kappa shape index (κ2) is 14.0. The fourth-order valence-corrected chi connectivity index (χ4v) is 8.60. The van der Waals surface area contributed by atoms with E-state index in [1.165, 1.54) is 12.2 Å². The number of hydrogen-bond donors (Lipinski definition) is 3. The lowest BCUT2D eigenvalue weighted by Crippen LogP contribution is -2.69. The number of amides is 1. The van der Waals surface area contributed by atoms with Gasteiger partial charge in [0.1, 0.15) is 17.8 Å². The molecule has 13 heteroatoms. The van der Waals surface area contributed by atoms with Crippen molar-refractivity contribution in [2.45, 2.75) is 103 Å². The lowest BCUT2D eigenvalue weighted by Gasteiger charge is -2.62. The highest BCUT2D eigenvalue weighted by atomic mass is 19.1. The Bertz CT molecular complexity index is 1360. The molecule has 3 fully saturated rings. The van der Waals surface area contributed by atoms with E-state index in [0.29, 0.717) is 24.8 Å². The molecule has 48 heavy (non-hydrogen) atoms. The Hall–Kier alpha value is -3.16. The molecule has 0 heterocycles. The van der Waals surface area contributed by atoms with Crippen LogP contribution in [-0.4, -0.2) is 95.8 Å². The van der Waals surface area contributed by atoms with Crippen LogP contribution in [0.15, 0.2) is 23.8 Å². The molecule has 1 amide bonds. The summed E-state index contributed by atoms with van der Waals surface area (Å²) in [6.07, 6.45) is 2.57. The molecule has 0 aliphatic heterocycles. The molecule has 8 atom stereocenters. The maximum Gasteiger partial charge on any atom is 0.407 e. The fourth-order valence-electron chi connectivity index (χ4n) is 8.60. The average molecular weight is 680 g/mol. The number of nitrogens with one attached hydrogen (secondary N) is 1. The monoisotopic (exact) mass is 679 g/mol. The van der Waals surface area contributed by atoms with E-state index >= 15 is 4.39 Å². The summed E-state index contributed by atoms with van der Waals surface area (Å²) in [5.74, 6) is -4.18. The van der Waals surface area contributed by atoms with Crippen LogP contribution in [0.2, 0.25) is 0 Å². The Morgan fingerprint density at radius 2 is 1.71 bits per heavy atom. The minimum Gasteiger partial charge on any atom is -0.463 e. The number of halogens is 1. The first-order valence-corrected chi connectivity index (χ1v) is 16.7. The standard InChI is InChI=1S/C35H50FNO11/c1-21-17-25-24-8-7-22-18-23(38)11-12-32(22,5)34(24,36)26(39)19-33(25,6)35(21,44)27(40)20-47-29(42)10-9-28(41)46-16-15-45-14-13-37-30(43)48-31(2,3)4/h11-12,18,21,24-26,39,44H,7-10,13-17,19-20H2,1-6H3,(H,37,43)/t21-,24+,25+,26+,32+,33+,34+,35+/m1/s1. The number of fused-ring (bicyclic) bond motifs is 5. The maximum absolute atomic E-state index is 17.3. The van der Waals surface area contributed by atoms with Gasteiger partial charge in [-0.3, -0.25) is 19.2 Å². The Kier molecular flexibility index (Phi) is 11.0. The number of ketones is 2. The quantitative estimate of drug-likeness (QED) is 0.157. The number of alkyl carbamates (subject to hydrolysis) is 1. The van der Waals surface area contributed by atoms with E-state index in [2.05, 4.69) is 5.32 Å². The number of carbonyl (C=O) groups is 5. The molecule has 4 aliphatic rings. The van der Waals surface area contributed by atoms with Gasteiger partial charge >= 0.3 is 18.0 Å². The van der Waals surface area contributed by atoms with E-state index in [4.69, 9.17) is 18.9 Å². The van der Waals surface area contributed by atoms with Crippen molar-refractivity contribution >= 4 is 29.6 Å². The van der Waals surface area contributed by atoms with Gasteiger partial charge in [-0.15, -0.1) is 0 Å². The third-order valence-electron chi connectivity index (χ3n) is 11.0. The summed E-state index contributed by atoms with van der Waals surface area (Å²) in [5.41, 5.74) is -6.45. The maximum atomic E-state index is 17.3. The first-order valence-electron chi connectivity index (χ1n) is 16.7. The van der Waals surface area contributed by atoms with Crippen molar-refractivity contribution in [3.63, 3.8) is 0 Å². The van der Waals surface area contributed by atoms with Gasteiger partial charge in [0.15, 0.2) is 18.1 Å². The Labute approximate surface area is 280 Å². The van der Waals surface area contributed by atoms with Crippen LogP contribution in [0.5, 0.6) is 0 Å². The van der Waals surface area contributed by atoms with Gasteiger partial charge in [-0.1, -0.05) is 25.5 Å². The van der Waals surface area contributed by atoms with Crippen LogP contribution in [0.1, 0.15) is 80.1 Å². The fraction of sp³-hybridized carbons (Fsp3) is 0.743. The van der Waals surface area contributed by atoms with E-state index in [9.17, 15) is 34.2 Å². The van der Waals surface area contributed by atoms with Gasteiger partial charge in [-0.2, -0.15) is 0 Å². The van der Waals surface area contributed by atoms with E-state index in [-0.39, 0.29) is 51.4 Å². The molecule has 0 spiro atoms. The topological polar surface area (TPSA) is 175 Å². The van der Waals surface area contributed by atoms with Crippen molar-refractivity contribution < 1.29 is 57.5 Å². The Morgan fingerprint density at radius 1 is 1.04 bits per heavy atom. The van der Waals surface area contributed by atoms with Crippen molar-refractivity contribution in [2.24, 2.45) is 28.6 Å². The van der Waals surface area contributed by atoms with Crippen molar-refractivity contribution in [2.75, 3.05) is 33.0 Å². The summed E-state index contributed by atoms with van der Waals surface area (Å²) in [6.45, 7) is 10.0. The number of esters is 2. The predicted molar refractivity (Wildman–Crippen MR) is 169 cm³/mol. The predicted octanol–water partition coefficient (Wildman–Crippen LogP) is 3.31. The van der Waals surface area contributed by atoms with Gasteiger partial charge in [0.25, 0.3) is 0 Å². The average Bonchev–Trinajstić information content (AvgIpc) is 3.19. The number of carbonyl (C=O) groups excluding carboxylic acids is 5. The number of Topliss-reactive ketones (excluding diaryl/α,β-unsaturated/α-hetero) is 1. The molecule has 0 aromatic rings. The molecule has 0 bridgehead atoms. The van der Waals surface area contributed by atoms with E-state index in [1.807, 2.05) is 0 Å². The summed E-state index contributed by atoms with van der Waals surface area (Å²) in [5, 5.41) is 26.0. The minimum absolute atomic E-state index is 0.0678. The highest BCUT2D eigenvalue weighted by Gasteiger charge is 2.75. The van der Waals surface area contributed by atoms with Crippen LogP contribution in [0, 0.1) is 28.6 Å². The van der Waals surface area contributed by atoms with Gasteiger partial charge in [0, 0.05) is 23.3 Å². The Balaban J connectivity index is 1.24. The van der Waals surface area contributed by atoms with Gasteiger partial charge in [-0.05, 0) is 77.4 Å². The molecule has 268 valence electrons. The van der Waals surface area contributed by atoms with Crippen molar-refractivity contribution in [1.29, 1.82) is 0 Å². The number of ether oxygens (including phenoxy) is 4. The van der Waals surface area contributed by atoms with Crippen LogP contribution in [0.4, 0.5) is 9.18 Å². The van der Waals surface area contributed by atoms with Gasteiger partial charge in [-0.25, -0.2) is 9.18 Å². The smallest absolute Gasteiger partial charge is 0.407 e. The number of hydrogen-bond acceptors (Lipinski definition) is 11. The molecule has 12 nitrogen and oxygen atoms in total. The van der Waals surface area contributed by atoms with Crippen molar-refractivity contribution in [3.8, 4) is 0 Å². The number of aliphatic hydroxyl groups is 2. The van der Waals surface area contributed by atoms with Crippen LogP contribution in [0.25, 0.3) is 0 Å². The summed E-state index contributed by atoms with van der Waals surface area (Å²) >= 11 is 0. The minimum atomic E-state index is -2.10. The molecular formula is C35H50FNO11. The molecule has 0 radical (unpaired) electrons. The second-order valence-electron chi connectivity index (χ2n) is 15.0. The van der Waals surface area contributed by atoms with Gasteiger partial charge in [0.05, 0.1) is 32.2 Å². The molecule has 0 unspecified atom stereocenters. The lowest BCUT2D eigenvalue weighted by molar-refractivity contribution is -0.220. The van der Waals surface area contributed by atoms with Crippen LogP contribution in [0.3, 0.4) is 0 Å². The molecule has 0 aromatic heterocycles. The number of alkyl halides is 1. The van der Waals surface area contributed by atoms with Crippen molar-refractivity contribution in [1.82, 2.24) is 5.32 Å². The number of allylic oxidation sites excluding steroid dienone is 4. The zero-order valence-electron chi connectivity index (χ0n) is 28.8. The molecule has 4 rings (SSSR count). The van der Waals surface area contributed by atoms with E-state index < -0.39 is 82.0 Å². The lowest BCUT2D eigenvalue weighted by atomic mass is 9.44. The SMILES string of the molecule is C[C@@H]1C[C@H]2[C@@H]3CCC4=CC(=O)C=C[C@]4(C)[C@@]3(F)[C@@H](O)C[C@]2(C)[C@@]1(O)C(=O)COC(=O)CCC(=O)OCCOCCNC(=O)OC(C)(C)C. The molecule has 0 saturated heterocycles. The number of aliphatic hydroxyl groups excluding tert-OH is 1. The summed E-state index contributed by atoms with van der Waals surface area (Å²) in [6, 6.07) is 0. The number of rotatable bonds is 12. The molecular weight excluding hydrogens is 629 g/mol. The highest BCUT2D eigenvalue weighted by Crippen LogP contribution is 2.70. The van der Waals surface area contributed by atoms with Crippen LogP contribution in [-0.2, 0) is 38.1 Å². The molecule has 3 N–H and O–H groups in total. The third-order valence-corrected chi connectivity index (χ3v) is 11.0. The van der Waals surface area contributed by atoms with E-state index in [1.54, 1.807) is 47.6 Å². The van der Waals surface area contributed by atoms with Gasteiger partial charge in [0.2, 0.25) is 5.78 Å². The third kappa shape index (κ3) is 6.96. The van der Waals surface area contributed by atoms with Crippen LogP contribution >= 0.6 is 0 Å². The normalized spacial score (nSPS) is 35.4. The first-order chi connectivity index (χ1) is 22.3. The summed E-state index contributed by atoms with van der Waals surface area (Å²) in [7, 11) is 0. The largest absolute Gasteiger partial charge is 0.463 e. The first kappa shape index (κ1) is 37.7. The molecule has 4 aliphatic carbocycles. The zero-order valence-corrected chi connectivity index (χ0v) is 28.8.